The molecule has 6 atom stereocenters. The molecule has 1 saturated heterocycles. The average Bonchev–Trinajstić information content (AvgIpc) is 3.22. The van der Waals surface area contributed by atoms with Crippen LogP contribution in [0.15, 0.2) is 30.3 Å². The van der Waals surface area contributed by atoms with E-state index in [4.69, 9.17) is 24.1 Å². The fourth-order valence-corrected chi connectivity index (χ4v) is 4.36. The molecule has 34 heavy (non-hydrogen) atoms. The first kappa shape index (κ1) is 24.5. The molecular formula is C24H30O10. The fraction of sp³-hybridized carbons (Fsp3) is 0.500. The number of benzene rings is 2. The van der Waals surface area contributed by atoms with Crippen LogP contribution >= 0.6 is 0 Å². The summed E-state index contributed by atoms with van der Waals surface area (Å²) in [6.07, 6.45) is -4.74. The highest BCUT2D eigenvalue weighted by molar-refractivity contribution is 5.55. The van der Waals surface area contributed by atoms with Crippen molar-refractivity contribution in [3.05, 3.63) is 47.0 Å². The van der Waals surface area contributed by atoms with Gasteiger partial charge in [0.15, 0.2) is 23.0 Å². The quantitative estimate of drug-likeness (QED) is 0.313. The molecule has 0 radical (unpaired) electrons. The summed E-state index contributed by atoms with van der Waals surface area (Å²) in [4.78, 5) is 0. The number of ether oxygens (including phenoxy) is 4. The van der Waals surface area contributed by atoms with E-state index in [9.17, 15) is 25.5 Å². The van der Waals surface area contributed by atoms with Crippen molar-refractivity contribution in [2.24, 2.45) is 0 Å². The van der Waals surface area contributed by atoms with E-state index in [0.717, 1.165) is 5.56 Å². The van der Waals surface area contributed by atoms with Crippen LogP contribution in [0.2, 0.25) is 0 Å². The number of aromatic hydroxyl groups is 1. The monoisotopic (exact) mass is 478 g/mol. The Kier molecular flexibility index (Phi) is 7.46. The molecule has 0 aromatic heterocycles. The Morgan fingerprint density at radius 3 is 2.53 bits per heavy atom. The van der Waals surface area contributed by atoms with Crippen LogP contribution in [-0.2, 0) is 11.2 Å². The van der Waals surface area contributed by atoms with Crippen molar-refractivity contribution in [3.63, 3.8) is 0 Å². The van der Waals surface area contributed by atoms with E-state index in [1.54, 1.807) is 24.3 Å². The maximum Gasteiger partial charge on any atom is 0.229 e. The van der Waals surface area contributed by atoms with Crippen molar-refractivity contribution < 1.29 is 49.6 Å². The smallest absolute Gasteiger partial charge is 0.229 e. The van der Waals surface area contributed by atoms with Gasteiger partial charge in [-0.05, 0) is 42.2 Å². The average molecular weight is 478 g/mol. The van der Waals surface area contributed by atoms with Gasteiger partial charge in [0.25, 0.3) is 0 Å². The van der Waals surface area contributed by atoms with Crippen molar-refractivity contribution in [1.29, 1.82) is 0 Å². The second kappa shape index (κ2) is 10.3. The summed E-state index contributed by atoms with van der Waals surface area (Å²) in [5.41, 5.74) is 2.19. The Bertz CT molecular complexity index is 996. The number of aryl methyl sites for hydroxylation is 1. The summed E-state index contributed by atoms with van der Waals surface area (Å²) in [6, 6.07) is 8.44. The van der Waals surface area contributed by atoms with Crippen LogP contribution < -0.4 is 14.2 Å². The van der Waals surface area contributed by atoms with Crippen LogP contribution in [0.25, 0.3) is 0 Å². The van der Waals surface area contributed by atoms with E-state index in [2.05, 4.69) is 0 Å². The minimum absolute atomic E-state index is 0.0255. The first-order chi connectivity index (χ1) is 16.4. The molecular weight excluding hydrogens is 448 g/mol. The topological polar surface area (TPSA) is 158 Å². The molecule has 2 aliphatic rings. The summed E-state index contributed by atoms with van der Waals surface area (Å²) < 4.78 is 22.5. The number of phenolic OH excluding ortho intramolecular Hbond substituents is 1. The summed E-state index contributed by atoms with van der Waals surface area (Å²) in [6.45, 7) is -0.375. The van der Waals surface area contributed by atoms with Gasteiger partial charge in [-0.1, -0.05) is 12.1 Å². The summed E-state index contributed by atoms with van der Waals surface area (Å²) in [7, 11) is 1.44. The lowest BCUT2D eigenvalue weighted by Crippen LogP contribution is -2.54. The van der Waals surface area contributed by atoms with Crippen molar-refractivity contribution in [2.75, 3.05) is 26.9 Å². The minimum atomic E-state index is -1.46. The molecule has 10 heteroatoms. The van der Waals surface area contributed by atoms with Crippen LogP contribution in [0.4, 0.5) is 0 Å². The Labute approximate surface area is 196 Å². The lowest BCUT2D eigenvalue weighted by molar-refractivity contribution is -0.242. The zero-order chi connectivity index (χ0) is 24.4. The largest absolute Gasteiger partial charge is 0.504 e. The molecule has 2 heterocycles. The molecule has 1 fully saturated rings. The predicted octanol–water partition coefficient (Wildman–Crippen LogP) is 0.353. The van der Waals surface area contributed by atoms with Gasteiger partial charge in [0, 0.05) is 12.2 Å². The molecule has 0 bridgehead atoms. The predicted molar refractivity (Wildman–Crippen MR) is 118 cm³/mol. The second-order valence-electron chi connectivity index (χ2n) is 8.47. The number of phenols is 1. The summed E-state index contributed by atoms with van der Waals surface area (Å²) in [5.74, 6) is 0.388. The van der Waals surface area contributed by atoms with Crippen LogP contribution in [0, 0.1) is 0 Å². The van der Waals surface area contributed by atoms with Gasteiger partial charge in [0.1, 0.15) is 24.4 Å². The van der Waals surface area contributed by atoms with E-state index in [1.165, 1.54) is 7.11 Å². The summed E-state index contributed by atoms with van der Waals surface area (Å²) >= 11 is 0. The van der Waals surface area contributed by atoms with Gasteiger partial charge in [0.05, 0.1) is 26.2 Å². The number of methoxy groups -OCH3 is 1. The van der Waals surface area contributed by atoms with E-state index in [0.29, 0.717) is 35.5 Å². The third-order valence-electron chi connectivity index (χ3n) is 6.20. The van der Waals surface area contributed by atoms with Gasteiger partial charge < -0.3 is 49.6 Å². The number of rotatable bonds is 8. The van der Waals surface area contributed by atoms with Crippen LogP contribution in [0.5, 0.6) is 23.0 Å². The molecule has 0 saturated carbocycles. The van der Waals surface area contributed by atoms with Crippen molar-refractivity contribution in [3.8, 4) is 23.0 Å². The van der Waals surface area contributed by atoms with Crippen molar-refractivity contribution in [2.45, 2.75) is 49.5 Å². The van der Waals surface area contributed by atoms with Crippen LogP contribution in [-0.4, -0.2) is 82.2 Å². The van der Waals surface area contributed by atoms with E-state index >= 15 is 0 Å². The Morgan fingerprint density at radius 1 is 1.03 bits per heavy atom. The standard InChI is InChI=1S/C24H30O10/c1-31-19-9-13(4-5-18(19)33-24-21(30)20(29)17(28)11-32-24)22-15(10-26)14-7-12(3-2-6-25)8-16(27)23(14)34-22/h4-5,7-9,15,17,20-22,24-30H,2-3,6,10-11H2,1H3/t15-,17-,20+,21-,22-,24-/m1/s1. The molecule has 2 aromatic carbocycles. The normalized spacial score (nSPS) is 28.3. The maximum absolute atomic E-state index is 10.5. The zero-order valence-electron chi connectivity index (χ0n) is 18.7. The highest BCUT2D eigenvalue weighted by Gasteiger charge is 2.40. The lowest BCUT2D eigenvalue weighted by atomic mass is 9.90. The Hall–Kier alpha value is -2.60. The molecule has 0 spiro atoms. The van der Waals surface area contributed by atoms with Gasteiger partial charge in [0.2, 0.25) is 6.29 Å². The molecule has 0 amide bonds. The number of fused-ring (bicyclic) bond motifs is 1. The van der Waals surface area contributed by atoms with E-state index < -0.39 is 36.6 Å². The van der Waals surface area contributed by atoms with Crippen molar-refractivity contribution >= 4 is 0 Å². The van der Waals surface area contributed by atoms with Crippen LogP contribution in [0.3, 0.4) is 0 Å². The highest BCUT2D eigenvalue weighted by Crippen LogP contribution is 2.51. The zero-order valence-corrected chi connectivity index (χ0v) is 18.7. The Balaban J connectivity index is 1.57. The van der Waals surface area contributed by atoms with Gasteiger partial charge in [-0.2, -0.15) is 0 Å². The molecule has 4 rings (SSSR count). The summed E-state index contributed by atoms with van der Waals surface area (Å²) in [5, 5.41) is 59.4. The molecule has 0 unspecified atom stereocenters. The third-order valence-corrected chi connectivity index (χ3v) is 6.20. The van der Waals surface area contributed by atoms with Gasteiger partial charge in [-0.3, -0.25) is 0 Å². The van der Waals surface area contributed by atoms with E-state index in [1.807, 2.05) is 6.07 Å². The molecule has 2 aromatic rings. The Morgan fingerprint density at radius 2 is 1.82 bits per heavy atom. The second-order valence-corrected chi connectivity index (χ2v) is 8.47. The van der Waals surface area contributed by atoms with Crippen LogP contribution in [0.1, 0.15) is 35.1 Å². The minimum Gasteiger partial charge on any atom is -0.504 e. The number of hydrogen-bond donors (Lipinski definition) is 6. The number of aliphatic hydroxyl groups is 5. The third kappa shape index (κ3) is 4.65. The molecule has 0 aliphatic carbocycles. The number of aliphatic hydroxyl groups excluding tert-OH is 5. The maximum atomic E-state index is 10.5. The lowest BCUT2D eigenvalue weighted by Gasteiger charge is -2.35. The molecule has 2 aliphatic heterocycles. The molecule has 10 nitrogen and oxygen atoms in total. The van der Waals surface area contributed by atoms with E-state index in [-0.39, 0.29) is 31.3 Å². The highest BCUT2D eigenvalue weighted by atomic mass is 16.7. The molecule has 6 N–H and O–H groups in total. The van der Waals surface area contributed by atoms with Crippen molar-refractivity contribution in [1.82, 2.24) is 0 Å². The molecule has 186 valence electrons. The van der Waals surface area contributed by atoms with Gasteiger partial charge in [-0.15, -0.1) is 0 Å². The first-order valence-corrected chi connectivity index (χ1v) is 11.1. The fourth-order valence-electron chi connectivity index (χ4n) is 4.36. The van der Waals surface area contributed by atoms with Gasteiger partial charge >= 0.3 is 0 Å². The van der Waals surface area contributed by atoms with Gasteiger partial charge in [-0.25, -0.2) is 0 Å². The first-order valence-electron chi connectivity index (χ1n) is 11.1. The SMILES string of the molecule is COc1cc([C@H]2Oc3c(O)cc(CCCO)cc3[C@H]2CO)ccc1O[C@H]1OC[C@@H](O)[C@H](O)[C@H]1O. The number of hydrogen-bond acceptors (Lipinski definition) is 10.